The van der Waals surface area contributed by atoms with Gasteiger partial charge in [-0.2, -0.15) is 4.58 Å². The van der Waals surface area contributed by atoms with Gasteiger partial charge in [0.05, 0.1) is 22.3 Å². The second kappa shape index (κ2) is 10.9. The zero-order valence-corrected chi connectivity index (χ0v) is 24.9. The third-order valence-corrected chi connectivity index (χ3v) is 8.22. The number of ketones is 1. The van der Waals surface area contributed by atoms with E-state index in [0.717, 1.165) is 45.9 Å². The van der Waals surface area contributed by atoms with Crippen LogP contribution < -0.4 is 9.48 Å². The van der Waals surface area contributed by atoms with Crippen molar-refractivity contribution < 1.29 is 9.90 Å². The number of aryl methyl sites for hydroxylation is 2. The highest BCUT2D eigenvalue weighted by Crippen LogP contribution is 2.44. The van der Waals surface area contributed by atoms with Crippen LogP contribution in [0.1, 0.15) is 49.4 Å². The van der Waals surface area contributed by atoms with Crippen LogP contribution in [0, 0.1) is 19.8 Å². The van der Waals surface area contributed by atoms with E-state index in [9.17, 15) is 9.90 Å². The van der Waals surface area contributed by atoms with Crippen LogP contribution in [0.3, 0.4) is 0 Å². The number of aliphatic hydroxyl groups excluding tert-OH is 1. The summed E-state index contributed by atoms with van der Waals surface area (Å²) < 4.78 is 2.09. The molecule has 0 radical (unpaired) electrons. The maximum absolute atomic E-state index is 13.6. The number of Topliss-reactive ketones (excluding diaryl/α,β-unsaturated/α-hetero) is 1. The molecule has 4 heteroatoms. The molecule has 42 heavy (non-hydrogen) atoms. The van der Waals surface area contributed by atoms with Crippen LogP contribution in [0.5, 0.6) is 0 Å². The Kier molecular flexibility index (Phi) is 7.16. The van der Waals surface area contributed by atoms with E-state index >= 15 is 0 Å². The van der Waals surface area contributed by atoms with Gasteiger partial charge < -0.3 is 10.0 Å². The molecule has 1 N–H and O–H groups in total. The standard InChI is InChI=1S/C38H36N2O2/c1-24(2)22-27(5)40(30-18-12-26(4)13-19-30)31-20-14-28(15-21-31)35-37(41)36(38(35)42)33-23-39(29-16-10-25(3)11-17-29)34-9-7-6-8-32(33)34/h6-21,23-24,27H,22H2,1-5H3/p+1. The van der Waals surface area contributed by atoms with Crippen molar-refractivity contribution in [2.24, 2.45) is 5.92 Å². The number of carbonyl (C=O) groups is 1. The third kappa shape index (κ3) is 4.87. The molecule has 210 valence electrons. The molecule has 1 unspecified atom stereocenters. The van der Waals surface area contributed by atoms with Gasteiger partial charge in [-0.3, -0.25) is 4.79 Å². The average molecular weight is 554 g/mol. The number of para-hydroxylation sites is 1. The molecule has 4 aromatic carbocycles. The maximum atomic E-state index is 13.6. The Morgan fingerprint density at radius 2 is 1.31 bits per heavy atom. The summed E-state index contributed by atoms with van der Waals surface area (Å²) in [6.07, 6.45) is 3.02. The van der Waals surface area contributed by atoms with E-state index in [-0.39, 0.29) is 11.5 Å². The second-order valence-corrected chi connectivity index (χ2v) is 11.9. The number of fused-ring (bicyclic) bond motifs is 1. The number of rotatable bonds is 7. The van der Waals surface area contributed by atoms with Gasteiger partial charge >= 0.3 is 0 Å². The summed E-state index contributed by atoms with van der Waals surface area (Å²) in [5.41, 5.74) is 9.80. The van der Waals surface area contributed by atoms with E-state index in [1.165, 1.54) is 11.1 Å². The van der Waals surface area contributed by atoms with Gasteiger partial charge in [-0.25, -0.2) is 0 Å². The molecule has 6 rings (SSSR count). The number of aliphatic hydroxyl groups is 1. The summed E-state index contributed by atoms with van der Waals surface area (Å²) in [5.74, 6) is 0.492. The topological polar surface area (TPSA) is 43.5 Å². The molecular formula is C38H37N2O2+. The molecule has 4 aromatic rings. The van der Waals surface area contributed by atoms with Crippen molar-refractivity contribution in [3.63, 3.8) is 0 Å². The lowest BCUT2D eigenvalue weighted by Gasteiger charge is -2.33. The van der Waals surface area contributed by atoms with Crippen LogP contribution >= 0.6 is 0 Å². The zero-order chi connectivity index (χ0) is 29.5. The minimum Gasteiger partial charge on any atom is -0.506 e. The molecule has 0 saturated carbocycles. The number of anilines is 2. The molecule has 0 aromatic heterocycles. The monoisotopic (exact) mass is 553 g/mol. The van der Waals surface area contributed by atoms with Gasteiger partial charge in [-0.1, -0.05) is 73.5 Å². The molecule has 1 heterocycles. The van der Waals surface area contributed by atoms with Crippen LogP contribution in [0.25, 0.3) is 11.1 Å². The first-order valence-electron chi connectivity index (χ1n) is 14.7. The van der Waals surface area contributed by atoms with E-state index < -0.39 is 0 Å². The maximum Gasteiger partial charge on any atom is 0.219 e. The van der Waals surface area contributed by atoms with E-state index in [4.69, 9.17) is 0 Å². The normalized spacial score (nSPS) is 16.8. The van der Waals surface area contributed by atoms with Crippen molar-refractivity contribution in [3.05, 3.63) is 131 Å². The molecule has 1 atom stereocenters. The molecule has 0 saturated heterocycles. The van der Waals surface area contributed by atoms with E-state index in [1.54, 1.807) is 0 Å². The van der Waals surface area contributed by atoms with Gasteiger partial charge in [-0.05, 0) is 69.0 Å². The first kappa shape index (κ1) is 27.5. The second-order valence-electron chi connectivity index (χ2n) is 11.9. The Hall–Kier alpha value is -4.70. The smallest absolute Gasteiger partial charge is 0.219 e. The van der Waals surface area contributed by atoms with Crippen molar-refractivity contribution in [3.8, 4) is 0 Å². The van der Waals surface area contributed by atoms with Gasteiger partial charge in [0.15, 0.2) is 6.21 Å². The Bertz CT molecular complexity index is 1760. The molecule has 2 aliphatic rings. The number of hydrogen-bond acceptors (Lipinski definition) is 3. The number of benzene rings is 4. The highest BCUT2D eigenvalue weighted by Gasteiger charge is 2.41. The number of carbonyl (C=O) groups excluding carboxylic acids is 1. The number of nitrogens with zero attached hydrogens (tertiary/aromatic N) is 2. The lowest BCUT2D eigenvalue weighted by Crippen LogP contribution is -2.29. The van der Waals surface area contributed by atoms with Crippen molar-refractivity contribution in [1.82, 2.24) is 4.58 Å². The van der Waals surface area contributed by atoms with Gasteiger partial charge in [0.25, 0.3) is 0 Å². The minimum absolute atomic E-state index is 0.0584. The molecule has 0 bridgehead atoms. The van der Waals surface area contributed by atoms with Gasteiger partial charge in [0.2, 0.25) is 17.2 Å². The lowest BCUT2D eigenvalue weighted by atomic mass is 9.80. The largest absolute Gasteiger partial charge is 0.506 e. The van der Waals surface area contributed by atoms with Crippen LogP contribution in [-0.2, 0) is 4.79 Å². The number of allylic oxidation sites excluding steroid dienone is 3. The fourth-order valence-corrected chi connectivity index (χ4v) is 6.16. The molecule has 0 spiro atoms. The van der Waals surface area contributed by atoms with Gasteiger partial charge in [-0.15, -0.1) is 0 Å². The summed E-state index contributed by atoms with van der Waals surface area (Å²) in [7, 11) is 0. The van der Waals surface area contributed by atoms with Crippen LogP contribution in [-0.4, -0.2) is 23.1 Å². The molecule has 0 fully saturated rings. The van der Waals surface area contributed by atoms with E-state index in [1.807, 2.05) is 42.6 Å². The van der Waals surface area contributed by atoms with E-state index in [0.29, 0.717) is 23.1 Å². The Balaban J connectivity index is 1.36. The highest BCUT2D eigenvalue weighted by atomic mass is 16.3. The SMILES string of the molecule is Cc1ccc(N(c2ccc(C3=C(O)/C(=C4/C=[N+](c5ccc(C)cc5)c5ccccc54)C3=O)cc2)C(C)CC(C)C)cc1. The van der Waals surface area contributed by atoms with Crippen molar-refractivity contribution in [2.75, 3.05) is 4.90 Å². The minimum atomic E-state index is -0.129. The highest BCUT2D eigenvalue weighted by molar-refractivity contribution is 6.44. The van der Waals surface area contributed by atoms with Crippen molar-refractivity contribution in [2.45, 2.75) is 47.1 Å². The predicted octanol–water partition coefficient (Wildman–Crippen LogP) is 9.10. The average Bonchev–Trinajstić information content (AvgIpc) is 3.34. The first-order valence-corrected chi connectivity index (χ1v) is 14.7. The van der Waals surface area contributed by atoms with Crippen LogP contribution in [0.2, 0.25) is 0 Å². The third-order valence-electron chi connectivity index (χ3n) is 8.22. The summed E-state index contributed by atoms with van der Waals surface area (Å²) in [5, 5.41) is 11.3. The molecule has 0 amide bonds. The van der Waals surface area contributed by atoms with Crippen LogP contribution in [0.15, 0.2) is 108 Å². The Morgan fingerprint density at radius 1 is 0.738 bits per heavy atom. The fraction of sp³-hybridized carbons (Fsp3) is 0.211. The fourth-order valence-electron chi connectivity index (χ4n) is 6.16. The first-order chi connectivity index (χ1) is 20.2. The molecule has 1 aliphatic carbocycles. The van der Waals surface area contributed by atoms with Gasteiger partial charge in [0, 0.05) is 35.6 Å². The summed E-state index contributed by atoms with van der Waals surface area (Å²) in [6.45, 7) is 10.9. The lowest BCUT2D eigenvalue weighted by molar-refractivity contribution is -0.111. The Morgan fingerprint density at radius 3 is 1.90 bits per heavy atom. The molecular weight excluding hydrogens is 516 g/mol. The summed E-state index contributed by atoms with van der Waals surface area (Å²) in [4.78, 5) is 16.0. The molecule has 1 aliphatic heterocycles. The van der Waals surface area contributed by atoms with Crippen LogP contribution in [0.4, 0.5) is 22.7 Å². The van der Waals surface area contributed by atoms with Crippen molar-refractivity contribution >= 4 is 45.9 Å². The Labute approximate surface area is 248 Å². The van der Waals surface area contributed by atoms with Gasteiger partial charge in [0.1, 0.15) is 5.76 Å². The predicted molar refractivity (Wildman–Crippen MR) is 175 cm³/mol. The quantitative estimate of drug-likeness (QED) is 0.183. The number of hydrogen-bond donors (Lipinski definition) is 1. The summed E-state index contributed by atoms with van der Waals surface area (Å²) in [6, 6.07) is 33.2. The van der Waals surface area contributed by atoms with Crippen molar-refractivity contribution in [1.29, 1.82) is 0 Å². The summed E-state index contributed by atoms with van der Waals surface area (Å²) >= 11 is 0. The van der Waals surface area contributed by atoms with E-state index in [2.05, 4.69) is 105 Å². The molecule has 4 nitrogen and oxygen atoms in total. The zero-order valence-electron chi connectivity index (χ0n) is 24.9.